The molecule has 0 radical (unpaired) electrons. The number of aromatic nitrogens is 2. The molecule has 2 aromatic carbocycles. The van der Waals surface area contributed by atoms with Gasteiger partial charge in [-0.2, -0.15) is 0 Å². The smallest absolute Gasteiger partial charge is 0.270 e. The average molecular weight is 308 g/mol. The monoisotopic (exact) mass is 308 g/mol. The van der Waals surface area contributed by atoms with E-state index in [9.17, 15) is 14.9 Å². The summed E-state index contributed by atoms with van der Waals surface area (Å²) < 4.78 is 1.77. The van der Waals surface area contributed by atoms with Gasteiger partial charge in [0.15, 0.2) is 0 Å². The van der Waals surface area contributed by atoms with E-state index in [1.165, 1.54) is 24.3 Å². The van der Waals surface area contributed by atoms with Crippen molar-refractivity contribution in [2.24, 2.45) is 0 Å². The summed E-state index contributed by atoms with van der Waals surface area (Å²) >= 11 is 0. The first-order valence-corrected chi connectivity index (χ1v) is 6.78. The predicted octanol–water partition coefficient (Wildman–Crippen LogP) is 3.03. The van der Waals surface area contributed by atoms with Gasteiger partial charge in [0.1, 0.15) is 0 Å². The molecule has 23 heavy (non-hydrogen) atoms. The molecule has 1 N–H and O–H groups in total. The van der Waals surface area contributed by atoms with Gasteiger partial charge in [0.05, 0.1) is 22.6 Å². The number of imidazole rings is 1. The van der Waals surface area contributed by atoms with E-state index < -0.39 is 10.8 Å². The summed E-state index contributed by atoms with van der Waals surface area (Å²) in [6.07, 6.45) is 5.02. The second kappa shape index (κ2) is 6.10. The molecule has 0 aliphatic rings. The van der Waals surface area contributed by atoms with Crippen LogP contribution in [0.2, 0.25) is 0 Å². The second-order valence-corrected chi connectivity index (χ2v) is 4.75. The minimum Gasteiger partial charge on any atom is -0.320 e. The summed E-state index contributed by atoms with van der Waals surface area (Å²) in [6.45, 7) is 0. The van der Waals surface area contributed by atoms with Gasteiger partial charge in [-0.1, -0.05) is 18.2 Å². The molecule has 1 aromatic heterocycles. The molecule has 0 saturated heterocycles. The molecular formula is C16H12N4O3. The third-order valence-corrected chi connectivity index (χ3v) is 3.25. The van der Waals surface area contributed by atoms with Gasteiger partial charge in [0.2, 0.25) is 0 Å². The van der Waals surface area contributed by atoms with E-state index >= 15 is 0 Å². The number of benzene rings is 2. The number of nitro groups is 1. The fourth-order valence-electron chi connectivity index (χ4n) is 2.16. The lowest BCUT2D eigenvalue weighted by Gasteiger charge is -2.11. The van der Waals surface area contributed by atoms with Gasteiger partial charge in [-0.05, 0) is 18.2 Å². The predicted molar refractivity (Wildman–Crippen MR) is 84.6 cm³/mol. The Kier molecular flexibility index (Phi) is 3.84. The van der Waals surface area contributed by atoms with Gasteiger partial charge in [-0.15, -0.1) is 0 Å². The molecule has 0 spiro atoms. The van der Waals surface area contributed by atoms with E-state index in [0.29, 0.717) is 5.69 Å². The Hall–Kier alpha value is -3.48. The molecule has 0 bridgehead atoms. The molecule has 3 rings (SSSR count). The molecule has 0 aliphatic carbocycles. The summed E-state index contributed by atoms with van der Waals surface area (Å²) in [5.41, 5.74) is 1.44. The second-order valence-electron chi connectivity index (χ2n) is 4.75. The van der Waals surface area contributed by atoms with Crippen molar-refractivity contribution in [2.45, 2.75) is 0 Å². The first-order valence-electron chi connectivity index (χ1n) is 6.78. The van der Waals surface area contributed by atoms with E-state index in [1.807, 2.05) is 12.1 Å². The molecule has 0 aliphatic heterocycles. The van der Waals surface area contributed by atoms with Gasteiger partial charge in [0.25, 0.3) is 11.6 Å². The number of hydrogen-bond donors (Lipinski definition) is 1. The van der Waals surface area contributed by atoms with Gasteiger partial charge >= 0.3 is 0 Å². The van der Waals surface area contributed by atoms with Crippen molar-refractivity contribution in [1.29, 1.82) is 0 Å². The number of amides is 1. The fraction of sp³-hybridized carbons (Fsp3) is 0. The number of nitrogens with one attached hydrogen (secondary N) is 1. The van der Waals surface area contributed by atoms with E-state index in [0.717, 1.165) is 5.69 Å². The summed E-state index contributed by atoms with van der Waals surface area (Å²) in [5.74, 6) is -0.415. The van der Waals surface area contributed by atoms with Crippen LogP contribution < -0.4 is 5.32 Å². The SMILES string of the molecule is O=C(Nc1ccccc1-n1ccnc1)c1cccc([N+](=O)[O-])c1. The zero-order chi connectivity index (χ0) is 16.2. The van der Waals surface area contributed by atoms with Crippen LogP contribution >= 0.6 is 0 Å². The largest absolute Gasteiger partial charge is 0.320 e. The summed E-state index contributed by atoms with van der Waals surface area (Å²) in [6, 6.07) is 12.8. The third-order valence-electron chi connectivity index (χ3n) is 3.25. The molecule has 0 atom stereocenters. The number of rotatable bonds is 4. The number of non-ortho nitro benzene ring substituents is 1. The highest BCUT2D eigenvalue weighted by Gasteiger charge is 2.13. The maximum atomic E-state index is 12.4. The number of carbonyl (C=O) groups excluding carboxylic acids is 1. The normalized spacial score (nSPS) is 10.3. The van der Waals surface area contributed by atoms with E-state index in [4.69, 9.17) is 0 Å². The van der Waals surface area contributed by atoms with Crippen LogP contribution in [0.25, 0.3) is 5.69 Å². The maximum Gasteiger partial charge on any atom is 0.270 e. The molecule has 1 heterocycles. The number of para-hydroxylation sites is 2. The molecule has 7 nitrogen and oxygen atoms in total. The van der Waals surface area contributed by atoms with Crippen LogP contribution in [-0.4, -0.2) is 20.4 Å². The van der Waals surface area contributed by atoms with E-state index in [-0.39, 0.29) is 11.3 Å². The number of nitro benzene ring substituents is 1. The van der Waals surface area contributed by atoms with Crippen LogP contribution in [0.3, 0.4) is 0 Å². The molecule has 114 valence electrons. The van der Waals surface area contributed by atoms with Crippen LogP contribution in [-0.2, 0) is 0 Å². The van der Waals surface area contributed by atoms with Crippen molar-refractivity contribution < 1.29 is 9.72 Å². The van der Waals surface area contributed by atoms with Crippen LogP contribution in [0.4, 0.5) is 11.4 Å². The van der Waals surface area contributed by atoms with Crippen molar-refractivity contribution in [3.05, 3.63) is 82.9 Å². The highest BCUT2D eigenvalue weighted by molar-refractivity contribution is 6.05. The number of hydrogen-bond acceptors (Lipinski definition) is 4. The lowest BCUT2D eigenvalue weighted by atomic mass is 10.1. The van der Waals surface area contributed by atoms with Crippen LogP contribution in [0.1, 0.15) is 10.4 Å². The molecule has 3 aromatic rings. The maximum absolute atomic E-state index is 12.4. The highest BCUT2D eigenvalue weighted by Crippen LogP contribution is 2.21. The standard InChI is InChI=1S/C16H12N4O3/c21-16(12-4-3-5-13(10-12)20(22)23)18-14-6-1-2-7-15(14)19-9-8-17-11-19/h1-11H,(H,18,21). The van der Waals surface area contributed by atoms with Gasteiger partial charge in [0, 0.05) is 30.1 Å². The average Bonchev–Trinajstić information content (AvgIpc) is 3.09. The molecule has 0 unspecified atom stereocenters. The van der Waals surface area contributed by atoms with Crippen LogP contribution in [0.5, 0.6) is 0 Å². The van der Waals surface area contributed by atoms with Crippen molar-refractivity contribution in [2.75, 3.05) is 5.32 Å². The zero-order valence-electron chi connectivity index (χ0n) is 11.9. The Morgan fingerprint density at radius 1 is 1.17 bits per heavy atom. The van der Waals surface area contributed by atoms with Crippen LogP contribution in [0.15, 0.2) is 67.3 Å². The van der Waals surface area contributed by atoms with E-state index in [2.05, 4.69) is 10.3 Å². The molecule has 7 heteroatoms. The van der Waals surface area contributed by atoms with Crippen LogP contribution in [0, 0.1) is 10.1 Å². The Labute approximate surface area is 131 Å². The van der Waals surface area contributed by atoms with Gasteiger partial charge in [-0.25, -0.2) is 4.98 Å². The number of nitrogens with zero attached hydrogens (tertiary/aromatic N) is 3. The van der Waals surface area contributed by atoms with Crippen molar-refractivity contribution in [3.8, 4) is 5.69 Å². The van der Waals surface area contributed by atoms with Crippen molar-refractivity contribution >= 4 is 17.3 Å². The Balaban J connectivity index is 1.89. The zero-order valence-corrected chi connectivity index (χ0v) is 11.9. The Morgan fingerprint density at radius 3 is 2.74 bits per heavy atom. The number of carbonyl (C=O) groups is 1. The fourth-order valence-corrected chi connectivity index (χ4v) is 2.16. The Bertz CT molecular complexity index is 859. The Morgan fingerprint density at radius 2 is 2.00 bits per heavy atom. The summed E-state index contributed by atoms with van der Waals surface area (Å²) in [5, 5.41) is 13.6. The minimum atomic E-state index is -0.532. The molecule has 0 fully saturated rings. The van der Waals surface area contributed by atoms with Crippen molar-refractivity contribution in [3.63, 3.8) is 0 Å². The first kappa shape index (κ1) is 14.5. The summed E-state index contributed by atoms with van der Waals surface area (Å²) in [4.78, 5) is 26.6. The molecular weight excluding hydrogens is 296 g/mol. The van der Waals surface area contributed by atoms with E-state index in [1.54, 1.807) is 35.4 Å². The highest BCUT2D eigenvalue weighted by atomic mass is 16.6. The first-order chi connectivity index (χ1) is 11.1. The quantitative estimate of drug-likeness (QED) is 0.592. The van der Waals surface area contributed by atoms with Crippen molar-refractivity contribution in [1.82, 2.24) is 9.55 Å². The third kappa shape index (κ3) is 3.08. The minimum absolute atomic E-state index is 0.124. The number of anilines is 1. The lowest BCUT2D eigenvalue weighted by Crippen LogP contribution is -2.13. The topological polar surface area (TPSA) is 90.1 Å². The summed E-state index contributed by atoms with van der Waals surface area (Å²) in [7, 11) is 0. The lowest BCUT2D eigenvalue weighted by molar-refractivity contribution is -0.384. The molecule has 1 amide bonds. The van der Waals surface area contributed by atoms with Gasteiger partial charge in [-0.3, -0.25) is 14.9 Å². The molecule has 0 saturated carbocycles. The van der Waals surface area contributed by atoms with Gasteiger partial charge < -0.3 is 9.88 Å².